The van der Waals surface area contributed by atoms with Crippen LogP contribution >= 0.6 is 0 Å². The van der Waals surface area contributed by atoms with Crippen molar-refractivity contribution < 1.29 is 14.6 Å². The van der Waals surface area contributed by atoms with Crippen molar-refractivity contribution in [2.75, 3.05) is 6.54 Å². The average molecular weight is 406 g/mol. The van der Waals surface area contributed by atoms with Crippen LogP contribution in [-0.2, 0) is 17.9 Å². The molecule has 1 aliphatic heterocycles. The van der Waals surface area contributed by atoms with E-state index >= 15 is 0 Å². The van der Waals surface area contributed by atoms with Crippen molar-refractivity contribution in [3.63, 3.8) is 0 Å². The van der Waals surface area contributed by atoms with Gasteiger partial charge in [-0.1, -0.05) is 18.2 Å². The molecule has 1 fully saturated rings. The number of aromatic nitrogens is 2. The summed E-state index contributed by atoms with van der Waals surface area (Å²) in [5.74, 6) is -0.367. The van der Waals surface area contributed by atoms with Crippen molar-refractivity contribution in [1.29, 1.82) is 0 Å². The molecule has 3 heterocycles. The van der Waals surface area contributed by atoms with Crippen LogP contribution < -0.4 is 21.1 Å². The van der Waals surface area contributed by atoms with E-state index in [9.17, 15) is 9.59 Å². The van der Waals surface area contributed by atoms with Crippen LogP contribution in [0.15, 0.2) is 65.7 Å². The van der Waals surface area contributed by atoms with Gasteiger partial charge in [0.15, 0.2) is 0 Å². The Labute approximate surface area is 173 Å². The first-order valence-corrected chi connectivity index (χ1v) is 9.67. The number of ether oxygens (including phenoxy) is 1. The molecule has 0 saturated carbocycles. The third-order valence-corrected chi connectivity index (χ3v) is 4.92. The lowest BCUT2D eigenvalue weighted by atomic mass is 10.0. The molecule has 3 N–H and O–H groups in total. The molecule has 8 nitrogen and oxygen atoms in total. The van der Waals surface area contributed by atoms with Gasteiger partial charge in [-0.15, -0.1) is 0 Å². The number of aliphatic carboxylic acids is 1. The fourth-order valence-corrected chi connectivity index (χ4v) is 3.36. The Hall–Kier alpha value is -3.49. The van der Waals surface area contributed by atoms with Gasteiger partial charge >= 0.3 is 5.97 Å². The Bertz CT molecular complexity index is 1090. The van der Waals surface area contributed by atoms with E-state index in [4.69, 9.17) is 9.84 Å². The summed E-state index contributed by atoms with van der Waals surface area (Å²) in [5, 5.41) is 8.85. The van der Waals surface area contributed by atoms with Gasteiger partial charge in [-0.05, 0) is 47.4 Å². The van der Waals surface area contributed by atoms with Crippen molar-refractivity contribution in [3.8, 4) is 16.9 Å². The van der Waals surface area contributed by atoms with E-state index in [0.29, 0.717) is 12.4 Å². The Kier molecular flexibility index (Phi) is 5.87. The SMILES string of the molecule is O=C(O)Cn1ccc(-c2cccc(COc3ccc(C4CCNN4)nc3)c2)cc1=O. The minimum absolute atomic E-state index is 0.224. The summed E-state index contributed by atoms with van der Waals surface area (Å²) in [6, 6.07) is 15.0. The second kappa shape index (κ2) is 8.89. The highest BCUT2D eigenvalue weighted by Crippen LogP contribution is 2.22. The quantitative estimate of drug-likeness (QED) is 0.552. The Morgan fingerprint density at radius 2 is 2.07 bits per heavy atom. The fourth-order valence-electron chi connectivity index (χ4n) is 3.36. The number of benzene rings is 1. The van der Waals surface area contributed by atoms with Crippen molar-refractivity contribution in [2.24, 2.45) is 0 Å². The molecule has 0 amide bonds. The lowest BCUT2D eigenvalue weighted by Crippen LogP contribution is -2.25. The van der Waals surface area contributed by atoms with Gasteiger partial charge in [0.05, 0.1) is 17.9 Å². The Morgan fingerprint density at radius 1 is 1.20 bits per heavy atom. The molecule has 1 aliphatic rings. The number of hydrazine groups is 1. The predicted molar refractivity (Wildman–Crippen MR) is 111 cm³/mol. The number of carboxylic acids is 1. The normalized spacial score (nSPS) is 15.8. The maximum absolute atomic E-state index is 12.1. The molecule has 0 radical (unpaired) electrons. The zero-order chi connectivity index (χ0) is 20.9. The molecule has 1 atom stereocenters. The van der Waals surface area contributed by atoms with Crippen molar-refractivity contribution in [1.82, 2.24) is 20.4 Å². The number of hydrogen-bond donors (Lipinski definition) is 3. The maximum Gasteiger partial charge on any atom is 0.323 e. The average Bonchev–Trinajstić information content (AvgIpc) is 3.29. The third-order valence-electron chi connectivity index (χ3n) is 4.92. The molecule has 1 saturated heterocycles. The number of carbonyl (C=O) groups is 1. The molecule has 154 valence electrons. The molecule has 30 heavy (non-hydrogen) atoms. The van der Waals surface area contributed by atoms with Crippen LogP contribution in [-0.4, -0.2) is 27.2 Å². The standard InChI is InChI=1S/C22H22N4O4/c27-21-11-17(7-9-26(21)13-22(28)29)16-3-1-2-15(10-16)14-30-18-4-5-19(23-12-18)20-6-8-24-25-20/h1-5,7,9-12,20,24-25H,6,8,13-14H2,(H,28,29). The molecule has 4 rings (SSSR count). The van der Waals surface area contributed by atoms with E-state index in [-0.39, 0.29) is 18.1 Å². The van der Waals surface area contributed by atoms with Crippen LogP contribution in [0.25, 0.3) is 11.1 Å². The number of carboxylic acid groups (broad SMARTS) is 1. The Balaban J connectivity index is 1.43. The maximum atomic E-state index is 12.1. The van der Waals surface area contributed by atoms with Crippen molar-refractivity contribution >= 4 is 5.97 Å². The van der Waals surface area contributed by atoms with Crippen LogP contribution in [0, 0.1) is 0 Å². The van der Waals surface area contributed by atoms with Crippen LogP contribution in [0.5, 0.6) is 5.75 Å². The van der Waals surface area contributed by atoms with Gasteiger partial charge in [-0.2, -0.15) is 0 Å². The lowest BCUT2D eigenvalue weighted by molar-refractivity contribution is -0.137. The van der Waals surface area contributed by atoms with Crippen LogP contribution in [0.2, 0.25) is 0 Å². The molecule has 3 aromatic rings. The van der Waals surface area contributed by atoms with E-state index in [1.54, 1.807) is 12.3 Å². The predicted octanol–water partition coefficient (Wildman–Crippen LogP) is 2.11. The number of pyridine rings is 2. The monoisotopic (exact) mass is 406 g/mol. The molecule has 1 unspecified atom stereocenters. The van der Waals surface area contributed by atoms with Gasteiger partial charge in [0.2, 0.25) is 0 Å². The van der Waals surface area contributed by atoms with Crippen molar-refractivity contribution in [2.45, 2.75) is 25.6 Å². The molecular weight excluding hydrogens is 384 g/mol. The summed E-state index contributed by atoms with van der Waals surface area (Å²) < 4.78 is 7.02. The summed E-state index contributed by atoms with van der Waals surface area (Å²) in [5.41, 5.74) is 9.45. The second-order valence-corrected chi connectivity index (χ2v) is 7.10. The highest BCUT2D eigenvalue weighted by atomic mass is 16.5. The number of rotatable bonds is 7. The number of nitrogens with one attached hydrogen (secondary N) is 2. The molecule has 8 heteroatoms. The molecule has 0 spiro atoms. The van der Waals surface area contributed by atoms with Gasteiger partial charge in [0.25, 0.3) is 5.56 Å². The highest BCUT2D eigenvalue weighted by molar-refractivity contribution is 5.67. The number of hydrogen-bond acceptors (Lipinski definition) is 6. The first kappa shape index (κ1) is 19.8. The molecule has 0 aliphatic carbocycles. The van der Waals surface area contributed by atoms with E-state index in [1.165, 1.54) is 12.3 Å². The van der Waals surface area contributed by atoms with Crippen LogP contribution in [0.4, 0.5) is 0 Å². The second-order valence-electron chi connectivity index (χ2n) is 7.10. The molecular formula is C22H22N4O4. The fraction of sp³-hybridized carbons (Fsp3) is 0.227. The number of nitrogens with zero attached hydrogens (tertiary/aromatic N) is 2. The van der Waals surface area contributed by atoms with Gasteiger partial charge in [-0.25, -0.2) is 5.43 Å². The highest BCUT2D eigenvalue weighted by Gasteiger charge is 2.16. The zero-order valence-electron chi connectivity index (χ0n) is 16.2. The van der Waals surface area contributed by atoms with E-state index in [0.717, 1.165) is 39.9 Å². The molecule has 0 bridgehead atoms. The molecule has 2 aromatic heterocycles. The van der Waals surface area contributed by atoms with Gasteiger partial charge in [-0.3, -0.25) is 20.0 Å². The minimum atomic E-state index is -1.05. The summed E-state index contributed by atoms with van der Waals surface area (Å²) in [4.78, 5) is 27.4. The van der Waals surface area contributed by atoms with Crippen LogP contribution in [0.3, 0.4) is 0 Å². The van der Waals surface area contributed by atoms with Gasteiger partial charge in [0.1, 0.15) is 18.9 Å². The summed E-state index contributed by atoms with van der Waals surface area (Å²) in [6.07, 6.45) is 4.22. The third kappa shape index (κ3) is 4.73. The van der Waals surface area contributed by atoms with Gasteiger partial charge in [0, 0.05) is 18.8 Å². The van der Waals surface area contributed by atoms with E-state index < -0.39 is 5.97 Å². The van der Waals surface area contributed by atoms with E-state index in [1.807, 2.05) is 36.4 Å². The minimum Gasteiger partial charge on any atom is -0.487 e. The van der Waals surface area contributed by atoms with E-state index in [2.05, 4.69) is 15.8 Å². The smallest absolute Gasteiger partial charge is 0.323 e. The van der Waals surface area contributed by atoms with Gasteiger partial charge < -0.3 is 14.4 Å². The zero-order valence-corrected chi connectivity index (χ0v) is 16.2. The first-order chi connectivity index (χ1) is 14.6. The van der Waals surface area contributed by atoms with Crippen molar-refractivity contribution in [3.05, 3.63) is 82.5 Å². The molecule has 1 aromatic carbocycles. The summed E-state index contributed by atoms with van der Waals surface area (Å²) in [6.45, 7) is 0.942. The lowest BCUT2D eigenvalue weighted by Gasteiger charge is -2.11. The topological polar surface area (TPSA) is 105 Å². The summed E-state index contributed by atoms with van der Waals surface area (Å²) in [7, 11) is 0. The first-order valence-electron chi connectivity index (χ1n) is 9.67. The van der Waals surface area contributed by atoms with Crippen LogP contribution in [0.1, 0.15) is 23.7 Å². The largest absolute Gasteiger partial charge is 0.487 e. The summed E-state index contributed by atoms with van der Waals surface area (Å²) >= 11 is 0. The Morgan fingerprint density at radius 3 is 2.77 bits per heavy atom.